The molecule has 1 amide bonds. The fraction of sp³-hybridized carbons (Fsp3) is 0.250. The van der Waals surface area contributed by atoms with E-state index in [2.05, 4.69) is 20.2 Å². The predicted molar refractivity (Wildman–Crippen MR) is 107 cm³/mol. The molecule has 0 radical (unpaired) electrons. The molecular formula is C20H17ClF2N6O. The summed E-state index contributed by atoms with van der Waals surface area (Å²) in [7, 11) is 0. The minimum atomic E-state index is -0.628. The average molecular weight is 431 g/mol. The molecule has 30 heavy (non-hydrogen) atoms. The molecule has 0 aliphatic carbocycles. The lowest BCUT2D eigenvalue weighted by molar-refractivity contribution is -0.129. The third-order valence-electron chi connectivity index (χ3n) is 5.75. The number of aromatic amines is 2. The Labute approximate surface area is 174 Å². The molecule has 3 aromatic rings. The number of carbonyl (C=O) groups is 1. The number of nitrogens with two attached hydrogens (primary N) is 1. The van der Waals surface area contributed by atoms with Crippen molar-refractivity contribution >= 4 is 28.8 Å². The van der Waals surface area contributed by atoms with Crippen LogP contribution in [-0.2, 0) is 4.79 Å². The molecule has 1 fully saturated rings. The van der Waals surface area contributed by atoms with Gasteiger partial charge in [0.2, 0.25) is 11.9 Å². The summed E-state index contributed by atoms with van der Waals surface area (Å²) in [6.45, 7) is 0. The monoisotopic (exact) mass is 430 g/mol. The summed E-state index contributed by atoms with van der Waals surface area (Å²) >= 11 is 5.91. The molecule has 1 unspecified atom stereocenters. The van der Waals surface area contributed by atoms with Crippen molar-refractivity contribution < 1.29 is 13.6 Å². The Morgan fingerprint density at radius 1 is 1.27 bits per heavy atom. The minimum absolute atomic E-state index is 0.0335. The van der Waals surface area contributed by atoms with Gasteiger partial charge in [-0.15, -0.1) is 5.10 Å². The highest BCUT2D eigenvalue weighted by Gasteiger charge is 2.42. The summed E-state index contributed by atoms with van der Waals surface area (Å²) in [5.41, 5.74) is 7.70. The molecular weight excluding hydrogens is 414 g/mol. The van der Waals surface area contributed by atoms with Crippen molar-refractivity contribution in [1.29, 1.82) is 0 Å². The average Bonchev–Trinajstić information content (AvgIpc) is 3.44. The second-order valence-electron chi connectivity index (χ2n) is 7.46. The number of nitrogens with zero attached hydrogens (tertiary/aromatic N) is 3. The van der Waals surface area contributed by atoms with Crippen LogP contribution in [0.4, 0.5) is 14.5 Å². The normalized spacial score (nSPS) is 21.1. The highest BCUT2D eigenvalue weighted by Crippen LogP contribution is 2.44. The Bertz CT molecular complexity index is 1190. The molecule has 4 N–H and O–H groups in total. The minimum Gasteiger partial charge on any atom is -0.398 e. The number of anilines is 1. The predicted octanol–water partition coefficient (Wildman–Crippen LogP) is 3.83. The van der Waals surface area contributed by atoms with Crippen molar-refractivity contribution in [2.24, 2.45) is 0 Å². The Morgan fingerprint density at radius 3 is 2.87 bits per heavy atom. The number of H-pyrrole nitrogens is 2. The zero-order valence-electron chi connectivity index (χ0n) is 15.6. The van der Waals surface area contributed by atoms with Gasteiger partial charge in [0.1, 0.15) is 5.82 Å². The summed E-state index contributed by atoms with van der Waals surface area (Å²) in [5.74, 6) is -0.907. The molecule has 7 nitrogen and oxygen atoms in total. The van der Waals surface area contributed by atoms with Crippen LogP contribution in [-0.4, -0.2) is 37.0 Å². The van der Waals surface area contributed by atoms with E-state index in [-0.39, 0.29) is 39.8 Å². The molecule has 154 valence electrons. The van der Waals surface area contributed by atoms with Crippen LogP contribution in [0.1, 0.15) is 36.7 Å². The van der Waals surface area contributed by atoms with E-state index in [0.29, 0.717) is 29.9 Å². The van der Waals surface area contributed by atoms with Crippen LogP contribution < -0.4 is 5.73 Å². The van der Waals surface area contributed by atoms with E-state index >= 15 is 0 Å². The van der Waals surface area contributed by atoms with Gasteiger partial charge in [-0.25, -0.2) is 9.37 Å². The number of benzene rings is 1. The molecule has 2 atom stereocenters. The van der Waals surface area contributed by atoms with Gasteiger partial charge in [0.05, 0.1) is 28.5 Å². The number of nitrogen functional groups attached to an aromatic ring is 1. The first-order valence-electron chi connectivity index (χ1n) is 9.45. The van der Waals surface area contributed by atoms with Gasteiger partial charge in [-0.3, -0.25) is 9.89 Å². The zero-order chi connectivity index (χ0) is 21.0. The molecule has 0 bridgehead atoms. The molecule has 1 saturated heterocycles. The summed E-state index contributed by atoms with van der Waals surface area (Å²) in [6, 6.07) is 2.55. The third kappa shape index (κ3) is 2.88. The molecule has 0 spiro atoms. The molecule has 1 aromatic carbocycles. The number of hydrogen-bond donors (Lipinski definition) is 3. The van der Waals surface area contributed by atoms with E-state index in [4.69, 9.17) is 17.3 Å². The number of aromatic nitrogens is 4. The maximum Gasteiger partial charge on any atom is 0.247 e. The van der Waals surface area contributed by atoms with Gasteiger partial charge in [-0.2, -0.15) is 4.39 Å². The number of rotatable bonds is 3. The number of nitrogens with one attached hydrogen (secondary N) is 2. The van der Waals surface area contributed by atoms with Gasteiger partial charge in [0, 0.05) is 29.6 Å². The van der Waals surface area contributed by atoms with Crippen molar-refractivity contribution in [1.82, 2.24) is 25.1 Å². The standard InChI is InChI=1S/C20H17ClF2N6O/c21-12-2-3-13(24)17(18(12)22)9-5-10-1-4-15(29(10)16(30)6-9)20-25-8-14(27-20)11-7-26-28-19(11)23/h2-3,6-8,10,15H,1,4-5,24H2,(H,25,27)(H,26,28)/t10?,15-/m0/s1. The van der Waals surface area contributed by atoms with E-state index in [9.17, 15) is 13.6 Å². The smallest absolute Gasteiger partial charge is 0.247 e. The molecule has 2 aliphatic heterocycles. The van der Waals surface area contributed by atoms with Gasteiger partial charge in [-0.1, -0.05) is 11.6 Å². The number of amides is 1. The van der Waals surface area contributed by atoms with E-state index in [1.54, 1.807) is 4.90 Å². The SMILES string of the molecule is Nc1ccc(Cl)c(F)c1C1=CC(=O)N2C(CC[C@H]2c2ncc(-c3c[nH]nc3F)[nH]2)C1. The van der Waals surface area contributed by atoms with Crippen LogP contribution in [0.5, 0.6) is 0 Å². The van der Waals surface area contributed by atoms with Crippen molar-refractivity contribution in [3.8, 4) is 11.3 Å². The van der Waals surface area contributed by atoms with Gasteiger partial charge in [-0.05, 0) is 37.0 Å². The first-order chi connectivity index (χ1) is 14.4. The van der Waals surface area contributed by atoms with E-state index in [0.717, 1.165) is 6.42 Å². The van der Waals surface area contributed by atoms with Crippen LogP contribution in [0, 0.1) is 11.8 Å². The third-order valence-corrected chi connectivity index (χ3v) is 6.05. The second-order valence-corrected chi connectivity index (χ2v) is 7.87. The largest absolute Gasteiger partial charge is 0.398 e. The second kappa shape index (κ2) is 6.94. The summed E-state index contributed by atoms with van der Waals surface area (Å²) < 4.78 is 28.3. The quantitative estimate of drug-likeness (QED) is 0.549. The number of carbonyl (C=O) groups excluding carboxylic acids is 1. The molecule has 4 heterocycles. The van der Waals surface area contributed by atoms with Crippen molar-refractivity contribution in [3.05, 3.63) is 58.8 Å². The Kier molecular flexibility index (Phi) is 4.35. The first-order valence-corrected chi connectivity index (χ1v) is 9.83. The lowest BCUT2D eigenvalue weighted by atomic mass is 9.92. The zero-order valence-corrected chi connectivity index (χ0v) is 16.4. The number of halogens is 3. The summed E-state index contributed by atoms with van der Waals surface area (Å²) in [4.78, 5) is 22.2. The van der Waals surface area contributed by atoms with E-state index in [1.165, 1.54) is 30.6 Å². The maximum absolute atomic E-state index is 14.6. The van der Waals surface area contributed by atoms with Crippen molar-refractivity contribution in [2.45, 2.75) is 31.3 Å². The van der Waals surface area contributed by atoms with Gasteiger partial charge < -0.3 is 15.6 Å². The molecule has 2 aliphatic rings. The highest BCUT2D eigenvalue weighted by atomic mass is 35.5. The molecule has 2 aromatic heterocycles. The molecule has 10 heteroatoms. The lowest BCUT2D eigenvalue weighted by Gasteiger charge is -2.33. The Balaban J connectivity index is 1.46. The summed E-state index contributed by atoms with van der Waals surface area (Å²) in [5, 5.41) is 5.91. The van der Waals surface area contributed by atoms with Crippen molar-refractivity contribution in [3.63, 3.8) is 0 Å². The number of hydrogen-bond acceptors (Lipinski definition) is 4. The molecule has 0 saturated carbocycles. The van der Waals surface area contributed by atoms with E-state index < -0.39 is 11.8 Å². The topological polar surface area (TPSA) is 104 Å². The van der Waals surface area contributed by atoms with Crippen LogP contribution in [0.25, 0.3) is 16.8 Å². The fourth-order valence-electron chi connectivity index (χ4n) is 4.39. The van der Waals surface area contributed by atoms with Gasteiger partial charge in [0.25, 0.3) is 0 Å². The summed E-state index contributed by atoms with van der Waals surface area (Å²) in [6.07, 6.45) is 6.26. The number of imidazole rings is 1. The maximum atomic E-state index is 14.6. The lowest BCUT2D eigenvalue weighted by Crippen LogP contribution is -2.39. The number of fused-ring (bicyclic) bond motifs is 1. The van der Waals surface area contributed by atoms with E-state index in [1.807, 2.05) is 0 Å². The van der Waals surface area contributed by atoms with Crippen LogP contribution in [0.3, 0.4) is 0 Å². The van der Waals surface area contributed by atoms with Crippen molar-refractivity contribution in [2.75, 3.05) is 5.73 Å². The van der Waals surface area contributed by atoms with Crippen LogP contribution in [0.2, 0.25) is 5.02 Å². The van der Waals surface area contributed by atoms with Gasteiger partial charge in [0.15, 0.2) is 5.82 Å². The fourth-order valence-corrected chi connectivity index (χ4v) is 4.55. The highest BCUT2D eigenvalue weighted by molar-refractivity contribution is 6.31. The van der Waals surface area contributed by atoms with Crippen LogP contribution in [0.15, 0.2) is 30.6 Å². The molecule has 5 rings (SSSR count). The first kappa shape index (κ1) is 18.8. The Morgan fingerprint density at radius 2 is 2.10 bits per heavy atom. The van der Waals surface area contributed by atoms with Gasteiger partial charge >= 0.3 is 0 Å². The Hall–Kier alpha value is -3.20. The van der Waals surface area contributed by atoms with Crippen LogP contribution >= 0.6 is 11.6 Å².